The zero-order valence-corrected chi connectivity index (χ0v) is 27.7. The van der Waals surface area contributed by atoms with E-state index < -0.39 is 112 Å². The SMILES string of the molecule is CC(=O)OC[C@H]1O[C@H](OC[C@H]2OC(O)[C@H](OC(C)=O)[C@@H](OC(C)=O)[C@@H]2OC(C)=O)[C@H](OC(C)=O)[C@@H](OC(C)=O)[C@H]1O[Si](C)(C)C. The van der Waals surface area contributed by atoms with E-state index in [-0.39, 0.29) is 6.61 Å². The van der Waals surface area contributed by atoms with E-state index in [0.29, 0.717) is 0 Å². The van der Waals surface area contributed by atoms with Crippen LogP contribution in [0.4, 0.5) is 0 Å². The Bertz CT molecular complexity index is 1090. The molecule has 2 heterocycles. The number of rotatable bonds is 12. The van der Waals surface area contributed by atoms with E-state index >= 15 is 0 Å². The summed E-state index contributed by atoms with van der Waals surface area (Å²) in [5, 5.41) is 10.7. The maximum Gasteiger partial charge on any atom is 0.303 e. The second-order valence-corrected chi connectivity index (χ2v) is 15.8. The van der Waals surface area contributed by atoms with Crippen LogP contribution < -0.4 is 0 Å². The molecule has 17 nitrogen and oxygen atoms in total. The Kier molecular flexibility index (Phi) is 13.9. The van der Waals surface area contributed by atoms with E-state index in [0.717, 1.165) is 34.6 Å². The predicted molar refractivity (Wildman–Crippen MR) is 148 cm³/mol. The second-order valence-electron chi connectivity index (χ2n) is 11.3. The average molecular weight is 667 g/mol. The quantitative estimate of drug-likeness (QED) is 0.163. The highest BCUT2D eigenvalue weighted by molar-refractivity contribution is 6.69. The van der Waals surface area contributed by atoms with Gasteiger partial charge in [0.25, 0.3) is 0 Å². The first-order valence-electron chi connectivity index (χ1n) is 14.1. The Labute approximate surface area is 261 Å². The molecule has 0 aromatic heterocycles. The molecule has 2 fully saturated rings. The highest BCUT2D eigenvalue weighted by atomic mass is 28.4. The van der Waals surface area contributed by atoms with Crippen LogP contribution >= 0.6 is 0 Å². The molecule has 45 heavy (non-hydrogen) atoms. The molecule has 1 unspecified atom stereocenters. The Morgan fingerprint density at radius 1 is 0.556 bits per heavy atom. The molecular formula is C27H42O17Si. The van der Waals surface area contributed by atoms with Crippen LogP contribution in [0.1, 0.15) is 41.5 Å². The van der Waals surface area contributed by atoms with E-state index in [1.165, 1.54) is 6.92 Å². The molecular weight excluding hydrogens is 624 g/mol. The van der Waals surface area contributed by atoms with Gasteiger partial charge in [-0.25, -0.2) is 0 Å². The van der Waals surface area contributed by atoms with Crippen molar-refractivity contribution >= 4 is 44.1 Å². The lowest BCUT2D eigenvalue weighted by atomic mass is 9.97. The van der Waals surface area contributed by atoms with Crippen molar-refractivity contribution in [3.8, 4) is 0 Å². The predicted octanol–water partition coefficient (Wildman–Crippen LogP) is -0.113. The van der Waals surface area contributed by atoms with Crippen LogP contribution in [0, 0.1) is 0 Å². The average Bonchev–Trinajstić information content (AvgIpc) is 2.86. The molecule has 256 valence electrons. The van der Waals surface area contributed by atoms with Crippen molar-refractivity contribution in [1.82, 2.24) is 0 Å². The molecule has 1 N–H and O–H groups in total. The minimum atomic E-state index is -2.41. The zero-order chi connectivity index (χ0) is 34.2. The maximum atomic E-state index is 12.2. The van der Waals surface area contributed by atoms with Gasteiger partial charge in [-0.2, -0.15) is 0 Å². The minimum absolute atomic E-state index is 0.359. The molecule has 0 aliphatic carbocycles. The molecule has 0 aromatic rings. The molecule has 2 rings (SSSR count). The highest BCUT2D eigenvalue weighted by Gasteiger charge is 2.55. The molecule has 10 atom stereocenters. The van der Waals surface area contributed by atoms with Crippen LogP contribution in [0.2, 0.25) is 19.6 Å². The van der Waals surface area contributed by atoms with Gasteiger partial charge in [-0.15, -0.1) is 0 Å². The largest absolute Gasteiger partial charge is 0.463 e. The summed E-state index contributed by atoms with van der Waals surface area (Å²) in [6, 6.07) is 0. The van der Waals surface area contributed by atoms with E-state index in [1.807, 2.05) is 19.6 Å². The molecule has 0 aromatic carbocycles. The Morgan fingerprint density at radius 3 is 1.44 bits per heavy atom. The maximum absolute atomic E-state index is 12.2. The second kappa shape index (κ2) is 16.4. The van der Waals surface area contributed by atoms with Crippen LogP contribution in [-0.4, -0.2) is 124 Å². The smallest absolute Gasteiger partial charge is 0.303 e. The molecule has 2 aliphatic heterocycles. The van der Waals surface area contributed by atoms with Gasteiger partial charge in [-0.1, -0.05) is 0 Å². The monoisotopic (exact) mass is 666 g/mol. The van der Waals surface area contributed by atoms with Gasteiger partial charge in [0.1, 0.15) is 24.9 Å². The van der Waals surface area contributed by atoms with E-state index in [2.05, 4.69) is 0 Å². The number of carbonyl (C=O) groups is 6. The van der Waals surface area contributed by atoms with Gasteiger partial charge < -0.3 is 52.2 Å². The fraction of sp³-hybridized carbons (Fsp3) is 0.778. The van der Waals surface area contributed by atoms with Crippen molar-refractivity contribution in [1.29, 1.82) is 0 Å². The number of aliphatic hydroxyl groups excluding tert-OH is 1. The third kappa shape index (κ3) is 11.9. The summed E-state index contributed by atoms with van der Waals surface area (Å²) >= 11 is 0. The van der Waals surface area contributed by atoms with Crippen molar-refractivity contribution in [2.45, 2.75) is 123 Å². The normalized spacial score (nSPS) is 31.6. The van der Waals surface area contributed by atoms with Gasteiger partial charge in [0.2, 0.25) is 0 Å². The van der Waals surface area contributed by atoms with Crippen LogP contribution in [0.15, 0.2) is 0 Å². The summed E-state index contributed by atoms with van der Waals surface area (Å²) in [4.78, 5) is 71.7. The van der Waals surface area contributed by atoms with Gasteiger partial charge >= 0.3 is 35.8 Å². The summed E-state index contributed by atoms with van der Waals surface area (Å²) in [6.07, 6.45) is -14.2. The molecule has 18 heteroatoms. The Hall–Kier alpha value is -3.16. The lowest BCUT2D eigenvalue weighted by molar-refractivity contribution is -0.328. The number of esters is 6. The van der Waals surface area contributed by atoms with Gasteiger partial charge in [0, 0.05) is 41.5 Å². The van der Waals surface area contributed by atoms with Crippen molar-refractivity contribution in [2.24, 2.45) is 0 Å². The molecule has 0 bridgehead atoms. The van der Waals surface area contributed by atoms with Gasteiger partial charge in [0.05, 0.1) is 6.61 Å². The molecule has 0 amide bonds. The van der Waals surface area contributed by atoms with E-state index in [1.54, 1.807) is 0 Å². The fourth-order valence-electron chi connectivity index (χ4n) is 4.74. The minimum Gasteiger partial charge on any atom is -0.463 e. The van der Waals surface area contributed by atoms with Gasteiger partial charge in [0.15, 0.2) is 51.4 Å². The summed E-state index contributed by atoms with van der Waals surface area (Å²) in [7, 11) is -2.41. The summed E-state index contributed by atoms with van der Waals surface area (Å²) in [5.41, 5.74) is 0. The van der Waals surface area contributed by atoms with Crippen molar-refractivity contribution < 1.29 is 80.9 Å². The van der Waals surface area contributed by atoms with Crippen molar-refractivity contribution in [3.63, 3.8) is 0 Å². The van der Waals surface area contributed by atoms with Crippen LogP contribution in [-0.2, 0) is 75.8 Å². The number of ether oxygens (including phenoxy) is 9. The first-order chi connectivity index (χ1) is 20.8. The standard InChI is InChI=1S/C27H42O17Si/c1-12(28)35-10-19-21(44-45(7,8)9)23(39-15(4)31)25(41-17(6)33)27(43-19)36-11-18-20(37-13(2)29)22(38-14(3)30)24(26(34)42-18)40-16(5)32/h18-27,34H,10-11H2,1-9H3/t18-,19-,20-,21+,22+,23+,24-,25-,26?,27+/m1/s1. The van der Waals surface area contributed by atoms with Gasteiger partial charge in [-0.3, -0.25) is 28.8 Å². The molecule has 0 spiro atoms. The first kappa shape index (κ1) is 38.0. The van der Waals surface area contributed by atoms with Gasteiger partial charge in [-0.05, 0) is 19.6 Å². The molecule has 0 radical (unpaired) electrons. The van der Waals surface area contributed by atoms with Crippen LogP contribution in [0.25, 0.3) is 0 Å². The van der Waals surface area contributed by atoms with Crippen LogP contribution in [0.5, 0.6) is 0 Å². The number of carbonyl (C=O) groups excluding carboxylic acids is 6. The lowest BCUT2D eigenvalue weighted by Gasteiger charge is -2.47. The topological polar surface area (TPSA) is 215 Å². The third-order valence-electron chi connectivity index (χ3n) is 6.08. The first-order valence-corrected chi connectivity index (χ1v) is 17.5. The number of hydrogen-bond acceptors (Lipinski definition) is 17. The van der Waals surface area contributed by atoms with Crippen molar-refractivity contribution in [3.05, 3.63) is 0 Å². The Balaban J connectivity index is 2.50. The van der Waals surface area contributed by atoms with E-state index in [9.17, 15) is 33.9 Å². The number of hydrogen-bond donors (Lipinski definition) is 1. The van der Waals surface area contributed by atoms with E-state index in [4.69, 9.17) is 47.1 Å². The third-order valence-corrected chi connectivity index (χ3v) is 7.06. The summed E-state index contributed by atoms with van der Waals surface area (Å²) in [5.74, 6) is -4.70. The molecule has 2 saturated heterocycles. The lowest BCUT2D eigenvalue weighted by Crippen LogP contribution is -2.65. The van der Waals surface area contributed by atoms with Crippen LogP contribution in [0.3, 0.4) is 0 Å². The highest BCUT2D eigenvalue weighted by Crippen LogP contribution is 2.33. The zero-order valence-electron chi connectivity index (χ0n) is 26.7. The molecule has 0 saturated carbocycles. The fourth-order valence-corrected chi connectivity index (χ4v) is 5.84. The summed E-state index contributed by atoms with van der Waals surface area (Å²) in [6.45, 7) is 11.2. The molecule has 2 aliphatic rings. The summed E-state index contributed by atoms with van der Waals surface area (Å²) < 4.78 is 55.7. The Morgan fingerprint density at radius 2 is 0.978 bits per heavy atom. The number of aliphatic hydroxyl groups is 1. The van der Waals surface area contributed by atoms with Crippen molar-refractivity contribution in [2.75, 3.05) is 13.2 Å².